The summed E-state index contributed by atoms with van der Waals surface area (Å²) in [7, 11) is 0. The van der Waals surface area contributed by atoms with Gasteiger partial charge < -0.3 is 9.47 Å². The topological polar surface area (TPSA) is 18.5 Å². The second-order valence-corrected chi connectivity index (χ2v) is 4.67. The van der Waals surface area contributed by atoms with Gasteiger partial charge in [0.1, 0.15) is 12.4 Å². The van der Waals surface area contributed by atoms with Crippen LogP contribution in [0.25, 0.3) is 0 Å². The summed E-state index contributed by atoms with van der Waals surface area (Å²) < 4.78 is 11.5. The van der Waals surface area contributed by atoms with E-state index in [4.69, 9.17) is 9.47 Å². The molecule has 1 heterocycles. The summed E-state index contributed by atoms with van der Waals surface area (Å²) in [6, 6.07) is 18.0. The molecule has 2 heteroatoms. The van der Waals surface area contributed by atoms with Gasteiger partial charge in [-0.05, 0) is 30.2 Å². The first-order valence-corrected chi connectivity index (χ1v) is 6.82. The minimum Gasteiger partial charge on any atom is -0.465 e. The van der Waals surface area contributed by atoms with Gasteiger partial charge in [0.25, 0.3) is 0 Å². The number of fused-ring (bicyclic) bond motifs is 1. The number of para-hydroxylation sites is 1. The maximum absolute atomic E-state index is 5.79. The third-order valence-electron chi connectivity index (χ3n) is 3.23. The van der Waals surface area contributed by atoms with Gasteiger partial charge in [-0.2, -0.15) is 0 Å². The molecule has 3 rings (SSSR count). The summed E-state index contributed by atoms with van der Waals surface area (Å²) in [5.41, 5.74) is 2.26. The molecule has 20 heavy (non-hydrogen) atoms. The van der Waals surface area contributed by atoms with Crippen LogP contribution in [0, 0.1) is 11.8 Å². The van der Waals surface area contributed by atoms with Crippen LogP contribution in [-0.2, 0) is 11.2 Å². The maximum Gasteiger partial charge on any atom is 0.201 e. The molecule has 0 fully saturated rings. The molecule has 1 aliphatic rings. The fourth-order valence-electron chi connectivity index (χ4n) is 2.21. The van der Waals surface area contributed by atoms with Gasteiger partial charge in [0.05, 0.1) is 0 Å². The van der Waals surface area contributed by atoms with Crippen LogP contribution in [0.15, 0.2) is 54.6 Å². The van der Waals surface area contributed by atoms with Crippen molar-refractivity contribution in [3.05, 3.63) is 65.7 Å². The normalized spacial score (nSPS) is 16.5. The molecule has 2 aromatic rings. The van der Waals surface area contributed by atoms with E-state index in [9.17, 15) is 0 Å². The SMILES string of the molecule is C(#Cc1ccccc1)COC1CCc2ccccc2O1. The molecule has 2 aromatic carbocycles. The minimum atomic E-state index is -0.185. The second kappa shape index (κ2) is 6.27. The van der Waals surface area contributed by atoms with Gasteiger partial charge in [-0.25, -0.2) is 0 Å². The summed E-state index contributed by atoms with van der Waals surface area (Å²) in [5.74, 6) is 7.02. The van der Waals surface area contributed by atoms with Gasteiger partial charge in [0, 0.05) is 12.0 Å². The molecule has 0 aliphatic carbocycles. The van der Waals surface area contributed by atoms with E-state index in [1.54, 1.807) is 0 Å². The lowest BCUT2D eigenvalue weighted by molar-refractivity contribution is -0.0784. The van der Waals surface area contributed by atoms with E-state index in [-0.39, 0.29) is 6.29 Å². The van der Waals surface area contributed by atoms with Crippen molar-refractivity contribution in [3.8, 4) is 17.6 Å². The molecule has 1 unspecified atom stereocenters. The lowest BCUT2D eigenvalue weighted by atomic mass is 10.1. The number of aryl methyl sites for hydroxylation is 1. The zero-order chi connectivity index (χ0) is 13.6. The predicted molar refractivity (Wildman–Crippen MR) is 78.5 cm³/mol. The highest BCUT2D eigenvalue weighted by atomic mass is 16.7. The van der Waals surface area contributed by atoms with Crippen LogP contribution in [0.2, 0.25) is 0 Å². The van der Waals surface area contributed by atoms with Crippen molar-refractivity contribution >= 4 is 0 Å². The van der Waals surface area contributed by atoms with Gasteiger partial charge >= 0.3 is 0 Å². The largest absolute Gasteiger partial charge is 0.465 e. The smallest absolute Gasteiger partial charge is 0.201 e. The Morgan fingerprint density at radius 1 is 1.05 bits per heavy atom. The highest BCUT2D eigenvalue weighted by molar-refractivity contribution is 5.35. The first kappa shape index (κ1) is 12.8. The van der Waals surface area contributed by atoms with E-state index in [1.165, 1.54) is 5.56 Å². The summed E-state index contributed by atoms with van der Waals surface area (Å²) in [6.07, 6.45) is 1.69. The number of benzene rings is 2. The molecular formula is C18H16O2. The number of hydrogen-bond acceptors (Lipinski definition) is 2. The molecule has 0 N–H and O–H groups in total. The molecule has 2 nitrogen and oxygen atoms in total. The van der Waals surface area contributed by atoms with E-state index in [0.29, 0.717) is 6.61 Å². The number of ether oxygens (including phenoxy) is 2. The summed E-state index contributed by atoms with van der Waals surface area (Å²) in [5, 5.41) is 0. The van der Waals surface area contributed by atoms with E-state index in [2.05, 4.69) is 17.9 Å². The molecule has 0 amide bonds. The molecule has 0 bridgehead atoms. The number of hydrogen-bond donors (Lipinski definition) is 0. The molecule has 0 saturated heterocycles. The Hall–Kier alpha value is -2.24. The second-order valence-electron chi connectivity index (χ2n) is 4.67. The Labute approximate surface area is 119 Å². The van der Waals surface area contributed by atoms with E-state index in [0.717, 1.165) is 24.2 Å². The fourth-order valence-corrected chi connectivity index (χ4v) is 2.21. The number of rotatable bonds is 2. The quantitative estimate of drug-likeness (QED) is 0.774. The van der Waals surface area contributed by atoms with Gasteiger partial charge in [0.2, 0.25) is 6.29 Å². The van der Waals surface area contributed by atoms with Crippen LogP contribution in [0.4, 0.5) is 0 Å². The highest BCUT2D eigenvalue weighted by Gasteiger charge is 2.18. The lowest BCUT2D eigenvalue weighted by Crippen LogP contribution is -2.25. The molecule has 0 spiro atoms. The van der Waals surface area contributed by atoms with Crippen molar-refractivity contribution in [1.82, 2.24) is 0 Å². The summed E-state index contributed by atoms with van der Waals surface area (Å²) in [6.45, 7) is 0.391. The van der Waals surface area contributed by atoms with Crippen molar-refractivity contribution in [2.75, 3.05) is 6.61 Å². The average Bonchev–Trinajstić information content (AvgIpc) is 2.52. The summed E-state index contributed by atoms with van der Waals surface area (Å²) >= 11 is 0. The molecule has 1 aliphatic heterocycles. The summed E-state index contributed by atoms with van der Waals surface area (Å²) in [4.78, 5) is 0. The Morgan fingerprint density at radius 3 is 2.75 bits per heavy atom. The molecular weight excluding hydrogens is 248 g/mol. The third-order valence-corrected chi connectivity index (χ3v) is 3.23. The highest BCUT2D eigenvalue weighted by Crippen LogP contribution is 2.27. The average molecular weight is 264 g/mol. The van der Waals surface area contributed by atoms with Crippen molar-refractivity contribution < 1.29 is 9.47 Å². The van der Waals surface area contributed by atoms with Gasteiger partial charge in [-0.15, -0.1) is 0 Å². The molecule has 0 saturated carbocycles. The van der Waals surface area contributed by atoms with Crippen molar-refractivity contribution in [3.63, 3.8) is 0 Å². The van der Waals surface area contributed by atoms with Crippen LogP contribution in [0.3, 0.4) is 0 Å². The predicted octanol–water partition coefficient (Wildman–Crippen LogP) is 3.41. The van der Waals surface area contributed by atoms with E-state index < -0.39 is 0 Å². The molecule has 1 atom stereocenters. The van der Waals surface area contributed by atoms with Gasteiger partial charge in [-0.3, -0.25) is 0 Å². The van der Waals surface area contributed by atoms with Crippen LogP contribution >= 0.6 is 0 Å². The Kier molecular flexibility index (Phi) is 4.01. The third kappa shape index (κ3) is 3.20. The van der Waals surface area contributed by atoms with E-state index >= 15 is 0 Å². The minimum absolute atomic E-state index is 0.185. The Morgan fingerprint density at radius 2 is 1.85 bits per heavy atom. The van der Waals surface area contributed by atoms with Crippen LogP contribution in [0.1, 0.15) is 17.5 Å². The van der Waals surface area contributed by atoms with Gasteiger partial charge in [-0.1, -0.05) is 48.2 Å². The molecule has 0 aromatic heterocycles. The van der Waals surface area contributed by atoms with Crippen LogP contribution in [-0.4, -0.2) is 12.9 Å². The Bertz CT molecular complexity index is 623. The van der Waals surface area contributed by atoms with Crippen molar-refractivity contribution in [2.24, 2.45) is 0 Å². The Balaban J connectivity index is 1.52. The van der Waals surface area contributed by atoms with E-state index in [1.807, 2.05) is 48.5 Å². The van der Waals surface area contributed by atoms with Crippen molar-refractivity contribution in [1.29, 1.82) is 0 Å². The standard InChI is InChI=1S/C18H16O2/c1-2-7-15(8-3-1)9-6-14-19-18-13-12-16-10-4-5-11-17(16)20-18/h1-5,7-8,10-11,18H,12-14H2. The monoisotopic (exact) mass is 264 g/mol. The van der Waals surface area contributed by atoms with Crippen molar-refractivity contribution in [2.45, 2.75) is 19.1 Å². The van der Waals surface area contributed by atoms with Crippen LogP contribution in [0.5, 0.6) is 5.75 Å². The first-order valence-electron chi connectivity index (χ1n) is 6.82. The zero-order valence-corrected chi connectivity index (χ0v) is 11.2. The van der Waals surface area contributed by atoms with Gasteiger partial charge in [0.15, 0.2) is 0 Å². The van der Waals surface area contributed by atoms with Crippen LogP contribution < -0.4 is 4.74 Å². The maximum atomic E-state index is 5.79. The first-order chi connectivity index (χ1) is 9.92. The zero-order valence-electron chi connectivity index (χ0n) is 11.2. The fraction of sp³-hybridized carbons (Fsp3) is 0.222. The molecule has 100 valence electrons. The molecule has 0 radical (unpaired) electrons. The lowest BCUT2D eigenvalue weighted by Gasteiger charge is -2.25.